The Morgan fingerprint density at radius 3 is 2.48 bits per heavy atom. The Morgan fingerprint density at radius 1 is 1.06 bits per heavy atom. The van der Waals surface area contributed by atoms with Crippen molar-refractivity contribution in [2.24, 2.45) is 5.92 Å². The smallest absolute Gasteiger partial charge is 0.257 e. The fourth-order valence-electron chi connectivity index (χ4n) is 5.26. The molecule has 31 heavy (non-hydrogen) atoms. The third-order valence-corrected chi connectivity index (χ3v) is 7.12. The zero-order chi connectivity index (χ0) is 21.8. The lowest BCUT2D eigenvalue weighted by Crippen LogP contribution is -2.51. The molecular weight excluding hydrogens is 396 g/mol. The van der Waals surface area contributed by atoms with Crippen molar-refractivity contribution in [2.75, 3.05) is 47.0 Å². The Balaban J connectivity index is 1.35. The summed E-state index contributed by atoms with van der Waals surface area (Å²) in [4.78, 5) is 29.6. The first-order chi connectivity index (χ1) is 15.0. The van der Waals surface area contributed by atoms with E-state index in [4.69, 9.17) is 14.2 Å². The largest absolute Gasteiger partial charge is 0.497 e. The highest BCUT2D eigenvalue weighted by Crippen LogP contribution is 2.39. The van der Waals surface area contributed by atoms with Crippen LogP contribution in [0.4, 0.5) is 0 Å². The van der Waals surface area contributed by atoms with Gasteiger partial charge in [0.1, 0.15) is 11.5 Å². The molecule has 3 aliphatic rings. The topological polar surface area (TPSA) is 68.3 Å². The van der Waals surface area contributed by atoms with Gasteiger partial charge in [-0.2, -0.15) is 0 Å². The van der Waals surface area contributed by atoms with Crippen molar-refractivity contribution in [1.29, 1.82) is 0 Å². The van der Waals surface area contributed by atoms with Crippen LogP contribution < -0.4 is 9.47 Å². The number of piperidine rings is 1. The van der Waals surface area contributed by atoms with Crippen LogP contribution in [0.25, 0.3) is 0 Å². The predicted molar refractivity (Wildman–Crippen MR) is 117 cm³/mol. The second-order valence-electron chi connectivity index (χ2n) is 9.04. The van der Waals surface area contributed by atoms with Crippen molar-refractivity contribution in [1.82, 2.24) is 9.80 Å². The minimum atomic E-state index is -0.199. The van der Waals surface area contributed by atoms with Crippen LogP contribution in [-0.2, 0) is 9.53 Å². The van der Waals surface area contributed by atoms with E-state index < -0.39 is 0 Å². The van der Waals surface area contributed by atoms with Gasteiger partial charge in [0.25, 0.3) is 5.91 Å². The number of ether oxygens (including phenoxy) is 3. The molecule has 0 radical (unpaired) electrons. The summed E-state index contributed by atoms with van der Waals surface area (Å²) in [7, 11) is 3.16. The summed E-state index contributed by atoms with van der Waals surface area (Å²) in [6.45, 7) is 3.85. The first-order valence-corrected chi connectivity index (χ1v) is 11.5. The summed E-state index contributed by atoms with van der Waals surface area (Å²) in [6.07, 6.45) is 6.39. The molecule has 7 nitrogen and oxygen atoms in total. The van der Waals surface area contributed by atoms with E-state index >= 15 is 0 Å². The van der Waals surface area contributed by atoms with E-state index in [0.717, 1.165) is 51.6 Å². The fraction of sp³-hybridized carbons (Fsp3) is 0.667. The maximum Gasteiger partial charge on any atom is 0.257 e. The first-order valence-electron chi connectivity index (χ1n) is 11.5. The van der Waals surface area contributed by atoms with Crippen molar-refractivity contribution < 1.29 is 23.8 Å². The van der Waals surface area contributed by atoms with Gasteiger partial charge < -0.3 is 24.0 Å². The van der Waals surface area contributed by atoms with Gasteiger partial charge in [0, 0.05) is 45.3 Å². The van der Waals surface area contributed by atoms with Gasteiger partial charge in [0.2, 0.25) is 5.91 Å². The third kappa shape index (κ3) is 4.81. The normalized spacial score (nSPS) is 23.1. The number of hydrogen-bond donors (Lipinski definition) is 0. The first kappa shape index (κ1) is 21.9. The minimum absolute atomic E-state index is 0.0223. The van der Waals surface area contributed by atoms with Gasteiger partial charge in [-0.05, 0) is 56.6 Å². The number of methoxy groups -OCH3 is 2. The van der Waals surface area contributed by atoms with Crippen LogP contribution in [-0.4, -0.2) is 74.2 Å². The highest BCUT2D eigenvalue weighted by Gasteiger charge is 2.42. The Kier molecular flexibility index (Phi) is 6.70. The molecule has 0 saturated carbocycles. The third-order valence-electron chi connectivity index (χ3n) is 7.12. The molecule has 2 amide bonds. The Morgan fingerprint density at radius 2 is 1.81 bits per heavy atom. The summed E-state index contributed by atoms with van der Waals surface area (Å²) < 4.78 is 16.9. The van der Waals surface area contributed by atoms with Crippen molar-refractivity contribution in [2.45, 2.75) is 50.5 Å². The van der Waals surface area contributed by atoms with Gasteiger partial charge in [-0.3, -0.25) is 9.59 Å². The van der Waals surface area contributed by atoms with Crippen molar-refractivity contribution >= 4 is 11.8 Å². The molecule has 170 valence electrons. The highest BCUT2D eigenvalue weighted by molar-refractivity contribution is 5.97. The molecule has 1 spiro atoms. The molecule has 3 heterocycles. The lowest BCUT2D eigenvalue weighted by Gasteiger charge is -2.46. The molecule has 0 bridgehead atoms. The molecule has 0 N–H and O–H groups in total. The quantitative estimate of drug-likeness (QED) is 0.718. The molecule has 3 aliphatic heterocycles. The number of hydrogen-bond acceptors (Lipinski definition) is 5. The molecule has 1 aromatic carbocycles. The fourth-order valence-corrected chi connectivity index (χ4v) is 5.26. The van der Waals surface area contributed by atoms with Crippen LogP contribution in [0.2, 0.25) is 0 Å². The number of amides is 2. The van der Waals surface area contributed by atoms with E-state index in [1.807, 2.05) is 9.80 Å². The average molecular weight is 431 g/mol. The number of nitrogens with zero attached hydrogens (tertiary/aromatic N) is 2. The summed E-state index contributed by atoms with van der Waals surface area (Å²) in [5, 5.41) is 0. The Labute approximate surface area is 184 Å². The summed E-state index contributed by atoms with van der Waals surface area (Å²) in [5.41, 5.74) is 0.354. The molecule has 1 atom stereocenters. The van der Waals surface area contributed by atoms with Crippen LogP contribution in [0.1, 0.15) is 55.3 Å². The van der Waals surface area contributed by atoms with Gasteiger partial charge in [-0.25, -0.2) is 0 Å². The molecular formula is C24H34N2O5. The Bertz CT molecular complexity index is 797. The van der Waals surface area contributed by atoms with E-state index in [1.54, 1.807) is 32.4 Å². The highest BCUT2D eigenvalue weighted by atomic mass is 16.5. The second kappa shape index (κ2) is 9.47. The number of rotatable bonds is 5. The summed E-state index contributed by atoms with van der Waals surface area (Å²) in [6, 6.07) is 5.29. The minimum Gasteiger partial charge on any atom is -0.497 e. The number of carbonyl (C=O) groups is 2. The van der Waals surface area contributed by atoms with Gasteiger partial charge in [-0.15, -0.1) is 0 Å². The monoisotopic (exact) mass is 430 g/mol. The second-order valence-corrected chi connectivity index (χ2v) is 9.04. The van der Waals surface area contributed by atoms with Crippen LogP contribution in [0.5, 0.6) is 11.5 Å². The van der Waals surface area contributed by atoms with Crippen LogP contribution >= 0.6 is 0 Å². The standard InChI is InChI=1S/C24H34N2O5/c1-29-19-5-6-20(21(16-19)30-2)23(28)26-12-8-24(9-13-26)17-18(7-14-31-24)15-22(27)25-10-3-4-11-25/h5-6,16,18H,3-4,7-15,17H2,1-2H3. The molecule has 0 aromatic heterocycles. The molecule has 0 aliphatic carbocycles. The van der Waals surface area contributed by atoms with Gasteiger partial charge in [0.05, 0.1) is 25.4 Å². The number of carbonyl (C=O) groups excluding carboxylic acids is 2. The maximum atomic E-state index is 13.1. The van der Waals surface area contributed by atoms with Crippen molar-refractivity contribution in [3.05, 3.63) is 23.8 Å². The molecule has 3 saturated heterocycles. The van der Waals surface area contributed by atoms with Crippen molar-refractivity contribution in [3.8, 4) is 11.5 Å². The average Bonchev–Trinajstić information content (AvgIpc) is 3.34. The molecule has 1 unspecified atom stereocenters. The van der Waals surface area contributed by atoms with Gasteiger partial charge >= 0.3 is 0 Å². The van der Waals surface area contributed by atoms with E-state index in [-0.39, 0.29) is 11.5 Å². The van der Waals surface area contributed by atoms with E-state index in [0.29, 0.717) is 55.0 Å². The molecule has 7 heteroatoms. The predicted octanol–water partition coefficient (Wildman–Crippen LogP) is 3.12. The Hall–Kier alpha value is -2.28. The lowest BCUT2D eigenvalue weighted by atomic mass is 9.78. The van der Waals surface area contributed by atoms with E-state index in [1.165, 1.54) is 0 Å². The van der Waals surface area contributed by atoms with Crippen LogP contribution in [0.3, 0.4) is 0 Å². The molecule has 3 fully saturated rings. The zero-order valence-electron chi connectivity index (χ0n) is 18.7. The van der Waals surface area contributed by atoms with E-state index in [2.05, 4.69) is 0 Å². The number of benzene rings is 1. The number of likely N-dealkylation sites (tertiary alicyclic amines) is 2. The van der Waals surface area contributed by atoms with Crippen LogP contribution in [0.15, 0.2) is 18.2 Å². The SMILES string of the molecule is COc1ccc(C(=O)N2CCC3(CC2)CC(CC(=O)N2CCCC2)CCO3)c(OC)c1. The molecule has 1 aromatic rings. The van der Waals surface area contributed by atoms with E-state index in [9.17, 15) is 9.59 Å². The van der Waals surface area contributed by atoms with Crippen LogP contribution in [0, 0.1) is 5.92 Å². The van der Waals surface area contributed by atoms with Crippen molar-refractivity contribution in [3.63, 3.8) is 0 Å². The summed E-state index contributed by atoms with van der Waals surface area (Å²) >= 11 is 0. The zero-order valence-corrected chi connectivity index (χ0v) is 18.7. The summed E-state index contributed by atoms with van der Waals surface area (Å²) in [5.74, 6) is 1.85. The van der Waals surface area contributed by atoms with Gasteiger partial charge in [0.15, 0.2) is 0 Å². The van der Waals surface area contributed by atoms with Gasteiger partial charge in [-0.1, -0.05) is 0 Å². The molecule has 4 rings (SSSR count). The maximum absolute atomic E-state index is 13.1. The lowest BCUT2D eigenvalue weighted by molar-refractivity contribution is -0.140.